The van der Waals surface area contributed by atoms with Crippen molar-refractivity contribution >= 4 is 23.2 Å². The molecule has 0 spiro atoms. The monoisotopic (exact) mass is 551 g/mol. The number of primary amides is 1. The molecule has 0 heterocycles. The zero-order valence-electron chi connectivity index (χ0n) is 22.2. The van der Waals surface area contributed by atoms with Crippen molar-refractivity contribution in [3.63, 3.8) is 0 Å². The van der Waals surface area contributed by atoms with Gasteiger partial charge in [-0.25, -0.2) is 0 Å². The van der Waals surface area contributed by atoms with Crippen molar-refractivity contribution in [1.82, 2.24) is 0 Å². The van der Waals surface area contributed by atoms with E-state index in [-0.39, 0.29) is 43.1 Å². The van der Waals surface area contributed by atoms with Crippen LogP contribution in [-0.4, -0.2) is 33.3 Å². The van der Waals surface area contributed by atoms with E-state index in [0.29, 0.717) is 17.7 Å². The molecule has 3 aromatic carbocycles. The van der Waals surface area contributed by atoms with Crippen LogP contribution in [-0.2, 0) is 38.8 Å². The number of aliphatic hydroxyl groups excluding tert-OH is 1. The number of benzene rings is 3. The van der Waals surface area contributed by atoms with E-state index in [2.05, 4.69) is 0 Å². The highest BCUT2D eigenvalue weighted by Crippen LogP contribution is 2.51. The first-order valence-electron chi connectivity index (χ1n) is 13.5. The molecule has 3 aromatic rings. The van der Waals surface area contributed by atoms with E-state index < -0.39 is 40.5 Å². The summed E-state index contributed by atoms with van der Waals surface area (Å²) in [5.74, 6) is -4.23. The highest BCUT2D eigenvalue weighted by atomic mass is 16.5. The third kappa shape index (κ3) is 4.50. The second-order valence-electron chi connectivity index (χ2n) is 10.7. The summed E-state index contributed by atoms with van der Waals surface area (Å²) in [7, 11) is 0. The van der Waals surface area contributed by atoms with E-state index in [1.807, 2.05) is 72.8 Å². The van der Waals surface area contributed by atoms with Gasteiger partial charge in [-0.2, -0.15) is 0 Å². The predicted molar refractivity (Wildman–Crippen MR) is 149 cm³/mol. The Morgan fingerprint density at radius 1 is 0.854 bits per heavy atom. The number of allylic oxidation sites excluding steroid dienone is 1. The smallest absolute Gasteiger partial charge is 0.255 e. The number of carbonyl (C=O) groups excluding carboxylic acids is 3. The minimum Gasteiger partial charge on any atom is -0.507 e. The van der Waals surface area contributed by atoms with E-state index in [1.165, 1.54) is 0 Å². The Kier molecular flexibility index (Phi) is 6.71. The summed E-state index contributed by atoms with van der Waals surface area (Å²) in [6.07, 6.45) is 0.624. The standard InChI is InChI=1S/C33H29NO7/c34-32(38)28-25(41-18-20-10-5-2-6-11-20)16-23-15-22-14-21-12-7-13-24(40-17-19-8-3-1-4-9-19)26(21)29(35)27(22)30(36)33(23,39)31(28)37/h1-13,22-23,35,39H,14-18H2,(H2,34,38)/t22-,23-,33-/m0/s1. The van der Waals surface area contributed by atoms with Crippen molar-refractivity contribution in [2.24, 2.45) is 17.6 Å². The minimum absolute atomic E-state index is 0.0172. The number of ether oxygens (including phenoxy) is 2. The largest absolute Gasteiger partial charge is 0.507 e. The number of fused-ring (bicyclic) bond motifs is 3. The Morgan fingerprint density at radius 3 is 2.12 bits per heavy atom. The fourth-order valence-corrected chi connectivity index (χ4v) is 6.25. The van der Waals surface area contributed by atoms with Gasteiger partial charge < -0.3 is 25.4 Å². The van der Waals surface area contributed by atoms with Crippen LogP contribution in [0, 0.1) is 11.8 Å². The summed E-state index contributed by atoms with van der Waals surface area (Å²) >= 11 is 0. The number of hydrogen-bond acceptors (Lipinski definition) is 7. The molecule has 41 heavy (non-hydrogen) atoms. The lowest BCUT2D eigenvalue weighted by Crippen LogP contribution is -2.61. The van der Waals surface area contributed by atoms with Crippen LogP contribution in [0.1, 0.15) is 35.1 Å². The van der Waals surface area contributed by atoms with Crippen LogP contribution in [0.2, 0.25) is 0 Å². The van der Waals surface area contributed by atoms with Gasteiger partial charge in [-0.05, 0) is 41.5 Å². The van der Waals surface area contributed by atoms with Gasteiger partial charge in [0.1, 0.15) is 36.1 Å². The molecule has 8 nitrogen and oxygen atoms in total. The van der Waals surface area contributed by atoms with Gasteiger partial charge in [0.2, 0.25) is 11.6 Å². The zero-order valence-corrected chi connectivity index (χ0v) is 22.2. The Bertz CT molecular complexity index is 1610. The number of Topliss-reactive ketones (excluding diaryl/α,β-unsaturated/α-hetero) is 2. The van der Waals surface area contributed by atoms with Crippen molar-refractivity contribution in [2.75, 3.05) is 0 Å². The van der Waals surface area contributed by atoms with Crippen LogP contribution in [0.15, 0.2) is 95.8 Å². The third-order valence-electron chi connectivity index (χ3n) is 8.25. The molecule has 1 fully saturated rings. The number of nitrogens with two attached hydrogens (primary N) is 1. The van der Waals surface area contributed by atoms with Gasteiger partial charge in [0.15, 0.2) is 5.60 Å². The normalized spacial score (nSPS) is 23.4. The molecule has 1 amide bonds. The fourth-order valence-electron chi connectivity index (χ4n) is 6.25. The molecule has 6 rings (SSSR count). The Hall–Kier alpha value is -4.69. The van der Waals surface area contributed by atoms with Crippen LogP contribution < -0.4 is 10.5 Å². The molecule has 0 aliphatic heterocycles. The number of aliphatic hydroxyl groups is 2. The SMILES string of the molecule is NC(=O)C1=C(OCc2ccccc2)C[C@@H]2C[C@@H]3Cc4cccc(OCc5ccccc5)c4C(O)=C3C(=O)[C@]2(O)C1=O. The second-order valence-corrected chi connectivity index (χ2v) is 10.7. The Labute approximate surface area is 236 Å². The van der Waals surface area contributed by atoms with Crippen molar-refractivity contribution in [1.29, 1.82) is 0 Å². The maximum absolute atomic E-state index is 13.9. The molecule has 8 heteroatoms. The molecule has 0 bridgehead atoms. The fraction of sp³-hybridized carbons (Fsp3) is 0.242. The van der Waals surface area contributed by atoms with Gasteiger partial charge in [-0.15, -0.1) is 0 Å². The third-order valence-corrected chi connectivity index (χ3v) is 8.25. The van der Waals surface area contributed by atoms with Gasteiger partial charge >= 0.3 is 0 Å². The van der Waals surface area contributed by atoms with Crippen LogP contribution in [0.5, 0.6) is 5.75 Å². The van der Waals surface area contributed by atoms with Gasteiger partial charge in [0, 0.05) is 17.9 Å². The van der Waals surface area contributed by atoms with E-state index in [9.17, 15) is 24.6 Å². The zero-order chi connectivity index (χ0) is 28.7. The van der Waals surface area contributed by atoms with Crippen molar-refractivity contribution < 1.29 is 34.1 Å². The number of hydrogen-bond donors (Lipinski definition) is 3. The molecule has 0 saturated heterocycles. The van der Waals surface area contributed by atoms with Crippen molar-refractivity contribution in [3.8, 4) is 5.75 Å². The van der Waals surface area contributed by atoms with Crippen molar-refractivity contribution in [2.45, 2.75) is 38.1 Å². The Balaban J connectivity index is 1.35. The number of amides is 1. The van der Waals surface area contributed by atoms with E-state index in [4.69, 9.17) is 15.2 Å². The van der Waals surface area contributed by atoms with Gasteiger partial charge in [-0.3, -0.25) is 14.4 Å². The van der Waals surface area contributed by atoms with E-state index >= 15 is 0 Å². The first-order chi connectivity index (χ1) is 19.8. The second kappa shape index (κ2) is 10.4. The molecule has 3 aliphatic rings. The lowest BCUT2D eigenvalue weighted by molar-refractivity contribution is -0.158. The van der Waals surface area contributed by atoms with Crippen LogP contribution >= 0.6 is 0 Å². The summed E-state index contributed by atoms with van der Waals surface area (Å²) in [5.41, 5.74) is 5.40. The predicted octanol–water partition coefficient (Wildman–Crippen LogP) is 3.96. The summed E-state index contributed by atoms with van der Waals surface area (Å²) in [4.78, 5) is 40.0. The lowest BCUT2D eigenvalue weighted by Gasteiger charge is -2.46. The lowest BCUT2D eigenvalue weighted by atomic mass is 9.58. The quantitative estimate of drug-likeness (QED) is 0.299. The molecule has 0 radical (unpaired) electrons. The van der Waals surface area contributed by atoms with Crippen LogP contribution in [0.4, 0.5) is 0 Å². The van der Waals surface area contributed by atoms with Crippen LogP contribution in [0.3, 0.4) is 0 Å². The van der Waals surface area contributed by atoms with E-state index in [1.54, 1.807) is 6.07 Å². The molecule has 0 aromatic heterocycles. The molecular weight excluding hydrogens is 522 g/mol. The molecule has 3 aliphatic carbocycles. The van der Waals surface area contributed by atoms with Gasteiger partial charge in [0.05, 0.1) is 5.56 Å². The molecule has 0 unspecified atom stereocenters. The topological polar surface area (TPSA) is 136 Å². The molecule has 1 saturated carbocycles. The first kappa shape index (κ1) is 26.5. The highest BCUT2D eigenvalue weighted by molar-refractivity contribution is 6.32. The summed E-state index contributed by atoms with van der Waals surface area (Å²) in [5, 5.41) is 23.2. The maximum Gasteiger partial charge on any atom is 0.255 e. The molecule has 4 N–H and O–H groups in total. The molecular formula is C33H29NO7. The number of ketones is 2. The highest BCUT2D eigenvalue weighted by Gasteiger charge is 2.61. The van der Waals surface area contributed by atoms with Crippen LogP contribution in [0.25, 0.3) is 5.76 Å². The summed E-state index contributed by atoms with van der Waals surface area (Å²) in [6.45, 7) is 0.341. The first-order valence-corrected chi connectivity index (χ1v) is 13.5. The number of rotatable bonds is 7. The average molecular weight is 552 g/mol. The van der Waals surface area contributed by atoms with E-state index in [0.717, 1.165) is 16.7 Å². The minimum atomic E-state index is -2.54. The summed E-state index contributed by atoms with van der Waals surface area (Å²) < 4.78 is 11.9. The Morgan fingerprint density at radius 2 is 1.49 bits per heavy atom. The maximum atomic E-state index is 13.9. The van der Waals surface area contributed by atoms with Gasteiger partial charge in [0.25, 0.3) is 5.91 Å². The van der Waals surface area contributed by atoms with Gasteiger partial charge in [-0.1, -0.05) is 72.8 Å². The average Bonchev–Trinajstić information content (AvgIpc) is 2.97. The molecule has 208 valence electrons. The number of carbonyl (C=O) groups is 3. The van der Waals surface area contributed by atoms with Crippen molar-refractivity contribution in [3.05, 3.63) is 118 Å². The summed E-state index contributed by atoms with van der Waals surface area (Å²) in [6, 6.07) is 24.2. The molecule has 3 atom stereocenters.